The largest absolute Gasteiger partial charge is 0.313 e. The minimum Gasteiger partial charge on any atom is -0.313 e. The molecule has 0 aliphatic rings. The third-order valence-corrected chi connectivity index (χ3v) is 3.07. The van der Waals surface area contributed by atoms with E-state index in [2.05, 4.69) is 26.1 Å². The van der Waals surface area contributed by atoms with Crippen molar-refractivity contribution >= 4 is 10.0 Å². The Morgan fingerprint density at radius 2 is 1.80 bits per heavy atom. The van der Waals surface area contributed by atoms with Crippen LogP contribution in [0.15, 0.2) is 0 Å². The highest BCUT2D eigenvalue weighted by Gasteiger charge is 2.05. The fourth-order valence-corrected chi connectivity index (χ4v) is 1.78. The summed E-state index contributed by atoms with van der Waals surface area (Å²) in [6.45, 7) is 6.93. The smallest absolute Gasteiger partial charge is 0.210 e. The highest BCUT2D eigenvalue weighted by molar-refractivity contribution is 7.89. The van der Waals surface area contributed by atoms with Crippen molar-refractivity contribution in [3.05, 3.63) is 0 Å². The molecule has 92 valence electrons. The van der Waals surface area contributed by atoms with Gasteiger partial charge in [0, 0.05) is 12.6 Å². The molecule has 0 bridgehead atoms. The van der Waals surface area contributed by atoms with Crippen molar-refractivity contribution in [2.45, 2.75) is 46.1 Å². The minimum absolute atomic E-state index is 0.0154. The summed E-state index contributed by atoms with van der Waals surface area (Å²) < 4.78 is 21.3. The van der Waals surface area contributed by atoms with E-state index in [1.54, 1.807) is 0 Å². The van der Waals surface area contributed by atoms with Gasteiger partial charge in [0.15, 0.2) is 0 Å². The van der Waals surface area contributed by atoms with Crippen LogP contribution in [0, 0.1) is 5.92 Å². The molecule has 0 heterocycles. The van der Waals surface area contributed by atoms with Crippen LogP contribution in [0.5, 0.6) is 0 Å². The molecule has 5 heteroatoms. The van der Waals surface area contributed by atoms with Crippen LogP contribution in [0.1, 0.15) is 40.0 Å². The minimum atomic E-state index is -3.32. The monoisotopic (exact) mass is 236 g/mol. The van der Waals surface area contributed by atoms with Gasteiger partial charge in [-0.1, -0.05) is 26.7 Å². The van der Waals surface area contributed by atoms with E-state index < -0.39 is 10.0 Å². The number of hydrogen-bond donors (Lipinski definition) is 2. The van der Waals surface area contributed by atoms with Gasteiger partial charge in [-0.3, -0.25) is 0 Å². The highest BCUT2D eigenvalue weighted by atomic mass is 32.2. The zero-order valence-electron chi connectivity index (χ0n) is 9.99. The van der Waals surface area contributed by atoms with Crippen molar-refractivity contribution in [1.29, 1.82) is 0 Å². The molecule has 1 atom stereocenters. The summed E-state index contributed by atoms with van der Waals surface area (Å²) in [5.74, 6) is 0.753. The second kappa shape index (κ2) is 7.19. The molecule has 1 unspecified atom stereocenters. The van der Waals surface area contributed by atoms with E-state index in [4.69, 9.17) is 5.14 Å². The Hall–Kier alpha value is -0.130. The topological polar surface area (TPSA) is 72.2 Å². The van der Waals surface area contributed by atoms with Crippen LogP contribution in [0.4, 0.5) is 0 Å². The maximum Gasteiger partial charge on any atom is 0.210 e. The molecule has 0 aromatic carbocycles. The maximum atomic E-state index is 10.7. The van der Waals surface area contributed by atoms with Crippen molar-refractivity contribution in [2.75, 3.05) is 12.3 Å². The van der Waals surface area contributed by atoms with E-state index in [1.165, 1.54) is 12.8 Å². The Morgan fingerprint density at radius 3 is 2.27 bits per heavy atom. The van der Waals surface area contributed by atoms with Crippen LogP contribution in [-0.2, 0) is 10.0 Å². The van der Waals surface area contributed by atoms with E-state index in [0.717, 1.165) is 12.3 Å². The molecule has 0 saturated heterocycles. The Balaban J connectivity index is 3.45. The summed E-state index contributed by atoms with van der Waals surface area (Å²) in [4.78, 5) is 0. The predicted octanol–water partition coefficient (Wildman–Crippen LogP) is 1.08. The second-order valence-electron chi connectivity index (χ2n) is 4.55. The molecular formula is C10H24N2O2S. The number of nitrogens with two attached hydrogens (primary N) is 1. The number of hydrogen-bond acceptors (Lipinski definition) is 3. The van der Waals surface area contributed by atoms with Gasteiger partial charge in [0.2, 0.25) is 10.0 Å². The predicted molar refractivity (Wildman–Crippen MR) is 64.1 cm³/mol. The molecule has 0 spiro atoms. The first-order chi connectivity index (χ1) is 6.81. The zero-order chi connectivity index (χ0) is 11.9. The lowest BCUT2D eigenvalue weighted by molar-refractivity contribution is 0.465. The molecular weight excluding hydrogens is 212 g/mol. The van der Waals surface area contributed by atoms with E-state index >= 15 is 0 Å². The van der Waals surface area contributed by atoms with Crippen molar-refractivity contribution in [3.63, 3.8) is 0 Å². The summed E-state index contributed by atoms with van der Waals surface area (Å²) in [6, 6.07) is 0.366. The third-order valence-electron chi connectivity index (χ3n) is 2.30. The van der Waals surface area contributed by atoms with Crippen molar-refractivity contribution in [2.24, 2.45) is 11.1 Å². The fourth-order valence-electron chi connectivity index (χ4n) is 1.38. The molecule has 0 aliphatic heterocycles. The number of nitrogens with one attached hydrogen (secondary N) is 1. The molecule has 0 aromatic rings. The first kappa shape index (κ1) is 14.9. The molecule has 0 radical (unpaired) electrons. The fraction of sp³-hybridized carbons (Fsp3) is 1.00. The summed E-state index contributed by atoms with van der Waals surface area (Å²) in [6.07, 6.45) is 3.49. The lowest BCUT2D eigenvalue weighted by atomic mass is 10.0. The summed E-state index contributed by atoms with van der Waals surface area (Å²) in [7, 11) is -3.32. The zero-order valence-corrected chi connectivity index (χ0v) is 10.8. The van der Waals surface area contributed by atoms with Gasteiger partial charge in [0.05, 0.1) is 5.75 Å². The highest BCUT2D eigenvalue weighted by Crippen LogP contribution is 2.07. The van der Waals surface area contributed by atoms with Crippen LogP contribution in [0.2, 0.25) is 0 Å². The molecule has 0 saturated carbocycles. The van der Waals surface area contributed by atoms with Gasteiger partial charge in [0.25, 0.3) is 0 Å². The van der Waals surface area contributed by atoms with Crippen LogP contribution in [0.3, 0.4) is 0 Å². The third kappa shape index (κ3) is 11.8. The molecule has 15 heavy (non-hydrogen) atoms. The molecule has 3 N–H and O–H groups in total. The SMILES string of the molecule is CC(C)CCCC(C)NCCS(N)(=O)=O. The summed E-state index contributed by atoms with van der Waals surface area (Å²) >= 11 is 0. The Bertz CT molecular complexity index is 250. The standard InChI is InChI=1S/C10H24N2O2S/c1-9(2)5-4-6-10(3)12-7-8-15(11,13)14/h9-10,12H,4-8H2,1-3H3,(H2,11,13,14). The normalized spacial score (nSPS) is 14.5. The first-order valence-corrected chi connectivity index (χ1v) is 7.26. The van der Waals surface area contributed by atoms with Crippen molar-refractivity contribution in [1.82, 2.24) is 5.32 Å². The van der Waals surface area contributed by atoms with Crippen LogP contribution < -0.4 is 10.5 Å². The van der Waals surface area contributed by atoms with Crippen LogP contribution in [0.25, 0.3) is 0 Å². The second-order valence-corrected chi connectivity index (χ2v) is 6.28. The van der Waals surface area contributed by atoms with Gasteiger partial charge in [-0.2, -0.15) is 0 Å². The van der Waals surface area contributed by atoms with Crippen LogP contribution >= 0.6 is 0 Å². The summed E-state index contributed by atoms with van der Waals surface area (Å²) in [5.41, 5.74) is 0. The first-order valence-electron chi connectivity index (χ1n) is 5.55. The molecule has 0 rings (SSSR count). The lowest BCUT2D eigenvalue weighted by Gasteiger charge is -2.13. The Labute approximate surface area is 93.7 Å². The van der Waals surface area contributed by atoms with Gasteiger partial charge in [0.1, 0.15) is 0 Å². The average Bonchev–Trinajstić information content (AvgIpc) is 2.00. The average molecular weight is 236 g/mol. The van der Waals surface area contributed by atoms with E-state index in [-0.39, 0.29) is 5.75 Å². The molecule has 4 nitrogen and oxygen atoms in total. The van der Waals surface area contributed by atoms with E-state index in [1.807, 2.05) is 0 Å². The van der Waals surface area contributed by atoms with Crippen molar-refractivity contribution in [3.8, 4) is 0 Å². The van der Waals surface area contributed by atoms with Gasteiger partial charge < -0.3 is 5.32 Å². The number of primary sulfonamides is 1. The van der Waals surface area contributed by atoms with E-state index in [9.17, 15) is 8.42 Å². The summed E-state index contributed by atoms with van der Waals surface area (Å²) in [5, 5.41) is 8.05. The van der Waals surface area contributed by atoms with Crippen LogP contribution in [-0.4, -0.2) is 26.8 Å². The molecule has 0 aromatic heterocycles. The molecule has 0 fully saturated rings. The van der Waals surface area contributed by atoms with Gasteiger partial charge in [-0.15, -0.1) is 0 Å². The Morgan fingerprint density at radius 1 is 1.20 bits per heavy atom. The quantitative estimate of drug-likeness (QED) is 0.662. The van der Waals surface area contributed by atoms with Gasteiger partial charge in [-0.25, -0.2) is 13.6 Å². The lowest BCUT2D eigenvalue weighted by Crippen LogP contribution is -2.32. The number of rotatable bonds is 8. The van der Waals surface area contributed by atoms with Crippen molar-refractivity contribution < 1.29 is 8.42 Å². The maximum absolute atomic E-state index is 10.7. The Kier molecular flexibility index (Phi) is 7.13. The molecule has 0 amide bonds. The number of sulfonamides is 1. The molecule has 0 aliphatic carbocycles. The van der Waals surface area contributed by atoms with Gasteiger partial charge in [-0.05, 0) is 19.3 Å². The van der Waals surface area contributed by atoms with Gasteiger partial charge >= 0.3 is 0 Å². The van der Waals surface area contributed by atoms with E-state index in [0.29, 0.717) is 12.6 Å².